The molecule has 1 saturated carbocycles. The molecular weight excluding hydrogens is 300 g/mol. The maximum absolute atomic E-state index is 5.92. The van der Waals surface area contributed by atoms with Crippen molar-refractivity contribution >= 4 is 5.96 Å². The van der Waals surface area contributed by atoms with Crippen LogP contribution in [0.15, 0.2) is 4.99 Å². The molecule has 0 aromatic carbocycles. The number of nitrogens with zero attached hydrogens (tertiary/aromatic N) is 2. The standard InChI is InChI=1S/C19H34N4O/c1-19(2)16(15-8-9-24-17(15)19)22-18(20-3)21-12-10-13-6-5-7-14(11-12)23(13)4/h12-17H,5-11H2,1-4H3,(H2,20,21,22). The number of hydrogen-bond acceptors (Lipinski definition) is 3. The van der Waals surface area contributed by atoms with Crippen LogP contribution < -0.4 is 10.6 Å². The highest BCUT2D eigenvalue weighted by molar-refractivity contribution is 5.80. The second-order valence-electron chi connectivity index (χ2n) is 8.98. The minimum absolute atomic E-state index is 0.197. The maximum Gasteiger partial charge on any atom is 0.191 e. The van der Waals surface area contributed by atoms with E-state index in [2.05, 4.69) is 41.4 Å². The molecule has 3 saturated heterocycles. The average molecular weight is 335 g/mol. The first kappa shape index (κ1) is 16.6. The molecule has 2 bridgehead atoms. The fourth-order valence-corrected chi connectivity index (χ4v) is 5.86. The second-order valence-corrected chi connectivity index (χ2v) is 8.98. The van der Waals surface area contributed by atoms with E-state index in [9.17, 15) is 0 Å². The minimum atomic E-state index is 0.197. The molecule has 0 aromatic heterocycles. The summed E-state index contributed by atoms with van der Waals surface area (Å²) in [6.45, 7) is 5.57. The zero-order valence-electron chi connectivity index (χ0n) is 15.7. The van der Waals surface area contributed by atoms with Crippen molar-refractivity contribution in [2.45, 2.75) is 82.6 Å². The Balaban J connectivity index is 1.37. The van der Waals surface area contributed by atoms with Gasteiger partial charge in [-0.3, -0.25) is 4.99 Å². The van der Waals surface area contributed by atoms with Crippen LogP contribution in [0.3, 0.4) is 0 Å². The Hall–Kier alpha value is -0.810. The van der Waals surface area contributed by atoms with Gasteiger partial charge >= 0.3 is 0 Å². The lowest BCUT2D eigenvalue weighted by Crippen LogP contribution is -2.68. The van der Waals surface area contributed by atoms with Crippen molar-refractivity contribution < 1.29 is 4.74 Å². The average Bonchev–Trinajstić information content (AvgIpc) is 2.99. The Morgan fingerprint density at radius 2 is 1.83 bits per heavy atom. The van der Waals surface area contributed by atoms with Gasteiger partial charge < -0.3 is 20.3 Å². The van der Waals surface area contributed by atoms with Crippen molar-refractivity contribution in [2.75, 3.05) is 20.7 Å². The fraction of sp³-hybridized carbons (Fsp3) is 0.947. The first-order chi connectivity index (χ1) is 11.5. The molecule has 5 atom stereocenters. The molecule has 1 aliphatic carbocycles. The van der Waals surface area contributed by atoms with E-state index in [0.29, 0.717) is 24.1 Å². The molecule has 4 fully saturated rings. The van der Waals surface area contributed by atoms with Gasteiger partial charge in [0, 0.05) is 49.2 Å². The molecule has 4 rings (SSSR count). The molecule has 0 spiro atoms. The van der Waals surface area contributed by atoms with Gasteiger partial charge in [0.25, 0.3) is 0 Å². The minimum Gasteiger partial charge on any atom is -0.377 e. The van der Waals surface area contributed by atoms with Crippen LogP contribution in [0.2, 0.25) is 0 Å². The van der Waals surface area contributed by atoms with E-state index in [4.69, 9.17) is 4.74 Å². The SMILES string of the molecule is CN=C(NC1CC2CCCC(C1)N2C)NC1C2CCOC2C1(C)C. The largest absolute Gasteiger partial charge is 0.377 e. The van der Waals surface area contributed by atoms with E-state index in [1.807, 2.05) is 7.05 Å². The molecule has 4 aliphatic rings. The molecule has 24 heavy (non-hydrogen) atoms. The Labute approximate surface area is 146 Å². The van der Waals surface area contributed by atoms with Crippen molar-refractivity contribution in [3.05, 3.63) is 0 Å². The molecule has 136 valence electrons. The highest BCUT2D eigenvalue weighted by Crippen LogP contribution is 2.52. The summed E-state index contributed by atoms with van der Waals surface area (Å²) >= 11 is 0. The number of guanidine groups is 1. The number of piperidine rings is 2. The lowest BCUT2D eigenvalue weighted by molar-refractivity contribution is -0.107. The maximum atomic E-state index is 5.92. The predicted molar refractivity (Wildman–Crippen MR) is 97.3 cm³/mol. The van der Waals surface area contributed by atoms with E-state index in [1.165, 1.54) is 38.5 Å². The lowest BCUT2D eigenvalue weighted by Gasteiger charge is -2.55. The third-order valence-corrected chi connectivity index (χ3v) is 7.30. The van der Waals surface area contributed by atoms with Gasteiger partial charge in [-0.05, 0) is 39.2 Å². The van der Waals surface area contributed by atoms with Gasteiger partial charge in [0.1, 0.15) is 0 Å². The third-order valence-electron chi connectivity index (χ3n) is 7.30. The van der Waals surface area contributed by atoms with E-state index in [0.717, 1.165) is 24.7 Å². The first-order valence-corrected chi connectivity index (χ1v) is 9.84. The Morgan fingerprint density at radius 3 is 2.50 bits per heavy atom. The molecule has 5 heteroatoms. The van der Waals surface area contributed by atoms with Crippen LogP contribution in [-0.4, -0.2) is 61.8 Å². The van der Waals surface area contributed by atoms with E-state index < -0.39 is 0 Å². The number of rotatable bonds is 2. The predicted octanol–water partition coefficient (Wildman–Crippen LogP) is 1.98. The smallest absolute Gasteiger partial charge is 0.191 e. The molecular formula is C19H34N4O. The molecule has 0 amide bonds. The highest BCUT2D eigenvalue weighted by Gasteiger charge is 2.59. The summed E-state index contributed by atoms with van der Waals surface area (Å²) in [7, 11) is 4.22. The summed E-state index contributed by atoms with van der Waals surface area (Å²) in [6.07, 6.45) is 8.21. The molecule has 2 N–H and O–H groups in total. The van der Waals surface area contributed by atoms with Gasteiger partial charge in [-0.1, -0.05) is 20.3 Å². The third kappa shape index (κ3) is 2.64. The van der Waals surface area contributed by atoms with Crippen LogP contribution in [-0.2, 0) is 4.74 Å². The van der Waals surface area contributed by atoms with Crippen LogP contribution in [0.1, 0.15) is 52.4 Å². The normalized spacial score (nSPS) is 44.6. The van der Waals surface area contributed by atoms with Crippen LogP contribution >= 0.6 is 0 Å². The van der Waals surface area contributed by atoms with Gasteiger partial charge in [0.2, 0.25) is 0 Å². The fourth-order valence-electron chi connectivity index (χ4n) is 5.86. The van der Waals surface area contributed by atoms with Crippen molar-refractivity contribution in [3.8, 4) is 0 Å². The summed E-state index contributed by atoms with van der Waals surface area (Å²) in [5.41, 5.74) is 0.197. The van der Waals surface area contributed by atoms with Gasteiger partial charge in [-0.25, -0.2) is 0 Å². The summed E-state index contributed by atoms with van der Waals surface area (Å²) in [4.78, 5) is 7.16. The first-order valence-electron chi connectivity index (χ1n) is 9.84. The zero-order chi connectivity index (χ0) is 16.9. The van der Waals surface area contributed by atoms with Gasteiger partial charge in [0.05, 0.1) is 6.10 Å². The van der Waals surface area contributed by atoms with E-state index in [1.54, 1.807) is 0 Å². The molecule has 3 aliphatic heterocycles. The van der Waals surface area contributed by atoms with Crippen LogP contribution in [0, 0.1) is 11.3 Å². The van der Waals surface area contributed by atoms with Gasteiger partial charge in [-0.2, -0.15) is 0 Å². The van der Waals surface area contributed by atoms with E-state index >= 15 is 0 Å². The number of ether oxygens (including phenoxy) is 1. The summed E-state index contributed by atoms with van der Waals surface area (Å²) in [5, 5.41) is 7.48. The Morgan fingerprint density at radius 1 is 1.12 bits per heavy atom. The Bertz CT molecular complexity index is 492. The molecule has 0 aromatic rings. The number of fused-ring (bicyclic) bond motifs is 3. The van der Waals surface area contributed by atoms with Gasteiger partial charge in [-0.15, -0.1) is 0 Å². The monoisotopic (exact) mass is 334 g/mol. The second kappa shape index (κ2) is 6.17. The Kier molecular flexibility index (Phi) is 4.28. The highest BCUT2D eigenvalue weighted by atomic mass is 16.5. The summed E-state index contributed by atoms with van der Waals surface area (Å²) < 4.78 is 5.92. The van der Waals surface area contributed by atoms with Gasteiger partial charge in [0.15, 0.2) is 5.96 Å². The summed E-state index contributed by atoms with van der Waals surface area (Å²) in [5.74, 6) is 1.64. The molecule has 5 nitrogen and oxygen atoms in total. The molecule has 5 unspecified atom stereocenters. The van der Waals surface area contributed by atoms with Crippen molar-refractivity contribution in [2.24, 2.45) is 16.3 Å². The van der Waals surface area contributed by atoms with Crippen molar-refractivity contribution in [3.63, 3.8) is 0 Å². The van der Waals surface area contributed by atoms with E-state index in [-0.39, 0.29) is 5.41 Å². The topological polar surface area (TPSA) is 48.9 Å². The van der Waals surface area contributed by atoms with Crippen molar-refractivity contribution in [1.82, 2.24) is 15.5 Å². The summed E-state index contributed by atoms with van der Waals surface area (Å²) in [6, 6.07) is 2.53. The molecule has 3 heterocycles. The number of nitrogens with one attached hydrogen (secondary N) is 2. The quantitative estimate of drug-likeness (QED) is 0.599. The van der Waals surface area contributed by atoms with Crippen LogP contribution in [0.4, 0.5) is 0 Å². The number of hydrogen-bond donors (Lipinski definition) is 2. The number of aliphatic imine (C=N–C) groups is 1. The van der Waals surface area contributed by atoms with Crippen LogP contribution in [0.5, 0.6) is 0 Å². The lowest BCUT2D eigenvalue weighted by atomic mass is 9.57. The molecule has 0 radical (unpaired) electrons. The zero-order valence-corrected chi connectivity index (χ0v) is 15.7. The van der Waals surface area contributed by atoms with Crippen LogP contribution in [0.25, 0.3) is 0 Å². The van der Waals surface area contributed by atoms with Crippen molar-refractivity contribution in [1.29, 1.82) is 0 Å².